The third kappa shape index (κ3) is 6.45. The monoisotopic (exact) mass is 360 g/mol. The smallest absolute Gasteiger partial charge is 0.251 e. The van der Waals surface area contributed by atoms with Crippen molar-refractivity contribution in [1.29, 1.82) is 0 Å². The van der Waals surface area contributed by atoms with Crippen molar-refractivity contribution in [3.8, 4) is 0 Å². The van der Waals surface area contributed by atoms with Crippen LogP contribution in [0.5, 0.6) is 0 Å². The van der Waals surface area contributed by atoms with Gasteiger partial charge in [-0.25, -0.2) is 0 Å². The quantitative estimate of drug-likeness (QED) is 0.633. The third-order valence-electron chi connectivity index (χ3n) is 5.12. The lowest BCUT2D eigenvalue weighted by Gasteiger charge is -2.25. The fourth-order valence-corrected chi connectivity index (χ4v) is 3.60. The van der Waals surface area contributed by atoms with Crippen molar-refractivity contribution in [3.63, 3.8) is 0 Å². The highest BCUT2D eigenvalue weighted by Gasteiger charge is 2.19. The van der Waals surface area contributed by atoms with E-state index in [1.165, 1.54) is 32.1 Å². The molecular formula is C21H32N2O3. The lowest BCUT2D eigenvalue weighted by molar-refractivity contribution is 0.0933. The summed E-state index contributed by atoms with van der Waals surface area (Å²) in [6, 6.07) is 6.76. The molecular weight excluding hydrogens is 328 g/mol. The van der Waals surface area contributed by atoms with Gasteiger partial charge in [-0.3, -0.25) is 9.59 Å². The largest absolute Gasteiger partial charge is 0.396 e. The molecule has 0 radical (unpaired) electrons. The molecule has 0 saturated heterocycles. The second-order valence-corrected chi connectivity index (χ2v) is 7.34. The van der Waals surface area contributed by atoms with Gasteiger partial charge in [-0.05, 0) is 42.9 Å². The summed E-state index contributed by atoms with van der Waals surface area (Å²) in [4.78, 5) is 24.5. The first-order valence-electron chi connectivity index (χ1n) is 9.91. The molecule has 1 unspecified atom stereocenters. The normalized spacial score (nSPS) is 16.1. The van der Waals surface area contributed by atoms with Gasteiger partial charge in [-0.1, -0.05) is 45.1 Å². The molecule has 0 aliphatic heterocycles. The summed E-state index contributed by atoms with van der Waals surface area (Å²) in [6.45, 7) is 3.18. The van der Waals surface area contributed by atoms with Gasteiger partial charge in [0, 0.05) is 30.8 Å². The van der Waals surface area contributed by atoms with E-state index in [2.05, 4.69) is 10.6 Å². The maximum absolute atomic E-state index is 12.4. The SMILES string of the molecule is CCCNC(=O)c1cccc(C(=O)NCC(CO)CC2CCCCC2)c1. The van der Waals surface area contributed by atoms with Crippen molar-refractivity contribution in [2.45, 2.75) is 51.9 Å². The Balaban J connectivity index is 1.86. The summed E-state index contributed by atoms with van der Waals surface area (Å²) in [5.74, 6) is 0.408. The minimum absolute atomic E-state index is 0.0935. The summed E-state index contributed by atoms with van der Waals surface area (Å²) in [6.07, 6.45) is 8.19. The number of carbonyl (C=O) groups excluding carboxylic acids is 2. The van der Waals surface area contributed by atoms with Crippen LogP contribution in [0.25, 0.3) is 0 Å². The molecule has 1 fully saturated rings. The van der Waals surface area contributed by atoms with Crippen molar-refractivity contribution in [2.75, 3.05) is 19.7 Å². The Kier molecular flexibility index (Phi) is 8.62. The third-order valence-corrected chi connectivity index (χ3v) is 5.12. The highest BCUT2D eigenvalue weighted by molar-refractivity contribution is 5.99. The van der Waals surface area contributed by atoms with E-state index in [0.29, 0.717) is 30.1 Å². The highest BCUT2D eigenvalue weighted by Crippen LogP contribution is 2.28. The highest BCUT2D eigenvalue weighted by atomic mass is 16.3. The van der Waals surface area contributed by atoms with Crippen molar-refractivity contribution >= 4 is 11.8 Å². The predicted molar refractivity (Wildman–Crippen MR) is 103 cm³/mol. The topological polar surface area (TPSA) is 78.4 Å². The van der Waals surface area contributed by atoms with E-state index in [0.717, 1.165) is 12.8 Å². The zero-order valence-electron chi connectivity index (χ0n) is 15.8. The van der Waals surface area contributed by atoms with Crippen LogP contribution in [0.2, 0.25) is 0 Å². The van der Waals surface area contributed by atoms with Crippen LogP contribution >= 0.6 is 0 Å². The maximum Gasteiger partial charge on any atom is 0.251 e. The van der Waals surface area contributed by atoms with Crippen LogP contribution in [0.1, 0.15) is 72.6 Å². The number of carbonyl (C=O) groups is 2. The number of aliphatic hydroxyl groups excluding tert-OH is 1. The molecule has 1 aliphatic rings. The molecule has 2 rings (SSSR count). The van der Waals surface area contributed by atoms with Crippen LogP contribution in [0.15, 0.2) is 24.3 Å². The lowest BCUT2D eigenvalue weighted by atomic mass is 9.83. The zero-order valence-corrected chi connectivity index (χ0v) is 15.8. The minimum atomic E-state index is -0.197. The molecule has 26 heavy (non-hydrogen) atoms. The molecule has 1 aromatic rings. The summed E-state index contributed by atoms with van der Waals surface area (Å²) in [5, 5.41) is 15.4. The molecule has 144 valence electrons. The van der Waals surface area contributed by atoms with E-state index < -0.39 is 0 Å². The average molecular weight is 360 g/mol. The Labute approximate surface area is 156 Å². The van der Waals surface area contributed by atoms with Crippen molar-refractivity contribution < 1.29 is 14.7 Å². The van der Waals surface area contributed by atoms with Crippen LogP contribution in [0.3, 0.4) is 0 Å². The standard InChI is InChI=1S/C21H32N2O3/c1-2-11-22-20(25)18-9-6-10-19(13-18)21(26)23-14-17(15-24)12-16-7-4-3-5-8-16/h6,9-10,13,16-17,24H,2-5,7-8,11-12,14-15H2,1H3,(H,22,25)(H,23,26). The van der Waals surface area contributed by atoms with Gasteiger partial charge in [-0.2, -0.15) is 0 Å². The maximum atomic E-state index is 12.4. The van der Waals surface area contributed by atoms with Crippen LogP contribution in [0, 0.1) is 11.8 Å². The molecule has 3 N–H and O–H groups in total. The first-order chi connectivity index (χ1) is 12.6. The molecule has 5 heteroatoms. The Morgan fingerprint density at radius 1 is 1.12 bits per heavy atom. The Morgan fingerprint density at radius 3 is 2.38 bits per heavy atom. The molecule has 0 spiro atoms. The van der Waals surface area contributed by atoms with Crippen LogP contribution in [-0.2, 0) is 0 Å². The molecule has 1 aliphatic carbocycles. The van der Waals surface area contributed by atoms with Gasteiger partial charge in [0.15, 0.2) is 0 Å². The summed E-state index contributed by atoms with van der Waals surface area (Å²) >= 11 is 0. The van der Waals surface area contributed by atoms with Crippen LogP contribution in [0.4, 0.5) is 0 Å². The van der Waals surface area contributed by atoms with E-state index in [4.69, 9.17) is 0 Å². The fraction of sp³-hybridized carbons (Fsp3) is 0.619. The Morgan fingerprint density at radius 2 is 1.77 bits per heavy atom. The van der Waals surface area contributed by atoms with Gasteiger partial charge in [0.2, 0.25) is 0 Å². The second-order valence-electron chi connectivity index (χ2n) is 7.34. The second kappa shape index (κ2) is 11.0. The number of rotatable bonds is 9. The minimum Gasteiger partial charge on any atom is -0.396 e. The average Bonchev–Trinajstić information content (AvgIpc) is 2.69. The van der Waals surface area contributed by atoms with E-state index in [-0.39, 0.29) is 24.3 Å². The van der Waals surface area contributed by atoms with Gasteiger partial charge >= 0.3 is 0 Å². The molecule has 0 aromatic heterocycles. The molecule has 0 heterocycles. The molecule has 1 aromatic carbocycles. The number of hydrogen-bond donors (Lipinski definition) is 3. The van der Waals surface area contributed by atoms with Crippen LogP contribution in [-0.4, -0.2) is 36.6 Å². The van der Waals surface area contributed by atoms with E-state index in [9.17, 15) is 14.7 Å². The van der Waals surface area contributed by atoms with Gasteiger partial charge in [0.25, 0.3) is 11.8 Å². The van der Waals surface area contributed by atoms with E-state index in [1.807, 2.05) is 6.92 Å². The van der Waals surface area contributed by atoms with Gasteiger partial charge < -0.3 is 15.7 Å². The summed E-state index contributed by atoms with van der Waals surface area (Å²) in [7, 11) is 0. The van der Waals surface area contributed by atoms with E-state index in [1.54, 1.807) is 24.3 Å². The molecule has 0 bridgehead atoms. The van der Waals surface area contributed by atoms with Gasteiger partial charge in [0.05, 0.1) is 0 Å². The fourth-order valence-electron chi connectivity index (χ4n) is 3.60. The van der Waals surface area contributed by atoms with E-state index >= 15 is 0 Å². The van der Waals surface area contributed by atoms with Gasteiger partial charge in [-0.15, -0.1) is 0 Å². The lowest BCUT2D eigenvalue weighted by Crippen LogP contribution is -2.32. The predicted octanol–water partition coefficient (Wildman–Crippen LogP) is 3.14. The van der Waals surface area contributed by atoms with Crippen molar-refractivity contribution in [2.24, 2.45) is 11.8 Å². The zero-order chi connectivity index (χ0) is 18.8. The van der Waals surface area contributed by atoms with Gasteiger partial charge in [0.1, 0.15) is 0 Å². The molecule has 2 amide bonds. The number of aliphatic hydroxyl groups is 1. The number of nitrogens with one attached hydrogen (secondary N) is 2. The number of benzene rings is 1. The molecule has 1 saturated carbocycles. The molecule has 1 atom stereocenters. The Hall–Kier alpha value is -1.88. The Bertz CT molecular complexity index is 582. The first-order valence-corrected chi connectivity index (χ1v) is 9.91. The first kappa shape index (κ1) is 20.4. The van der Waals surface area contributed by atoms with Crippen molar-refractivity contribution in [3.05, 3.63) is 35.4 Å². The van der Waals surface area contributed by atoms with Crippen LogP contribution < -0.4 is 10.6 Å². The number of hydrogen-bond acceptors (Lipinski definition) is 3. The summed E-state index contributed by atoms with van der Waals surface area (Å²) < 4.78 is 0. The van der Waals surface area contributed by atoms with Crippen molar-refractivity contribution in [1.82, 2.24) is 10.6 Å². The number of amides is 2. The summed E-state index contributed by atoms with van der Waals surface area (Å²) in [5.41, 5.74) is 0.968. The molecule has 5 nitrogen and oxygen atoms in total.